The number of hydrogen-bond donors (Lipinski definition) is 1. The van der Waals surface area contributed by atoms with E-state index in [0.29, 0.717) is 6.04 Å². The van der Waals surface area contributed by atoms with Gasteiger partial charge in [0.1, 0.15) is 0 Å². The van der Waals surface area contributed by atoms with Crippen molar-refractivity contribution in [1.82, 2.24) is 5.32 Å². The van der Waals surface area contributed by atoms with Crippen LogP contribution < -0.4 is 5.32 Å². The van der Waals surface area contributed by atoms with Gasteiger partial charge in [-0.25, -0.2) is 0 Å². The average molecular weight is 267 g/mol. The summed E-state index contributed by atoms with van der Waals surface area (Å²) in [5.41, 5.74) is 6.60. The van der Waals surface area contributed by atoms with Crippen molar-refractivity contribution in [2.75, 3.05) is 6.54 Å². The third-order valence-corrected chi connectivity index (χ3v) is 3.67. The Morgan fingerprint density at radius 2 is 1.50 bits per heavy atom. The van der Waals surface area contributed by atoms with E-state index in [-0.39, 0.29) is 0 Å². The lowest BCUT2D eigenvalue weighted by atomic mass is 9.98. The zero-order valence-corrected chi connectivity index (χ0v) is 13.0. The zero-order chi connectivity index (χ0) is 14.5. The van der Waals surface area contributed by atoms with E-state index < -0.39 is 0 Å². The van der Waals surface area contributed by atoms with Crippen LogP contribution in [0.15, 0.2) is 42.5 Å². The van der Waals surface area contributed by atoms with Gasteiger partial charge >= 0.3 is 0 Å². The normalized spacial score (nSPS) is 12.4. The van der Waals surface area contributed by atoms with Gasteiger partial charge in [0, 0.05) is 6.04 Å². The standard InChI is InChI=1S/C19H25N/c1-5-10-20-16(4)17-6-8-18(9-7-17)19-12-14(2)11-15(3)13-19/h6-9,11-13,16,20H,5,10H2,1-4H3. The molecule has 1 heteroatoms. The van der Waals surface area contributed by atoms with E-state index in [0.717, 1.165) is 6.54 Å². The molecule has 0 fully saturated rings. The van der Waals surface area contributed by atoms with Crippen LogP contribution in [0.3, 0.4) is 0 Å². The third-order valence-electron chi connectivity index (χ3n) is 3.67. The van der Waals surface area contributed by atoms with E-state index in [9.17, 15) is 0 Å². The first-order chi connectivity index (χ1) is 9.60. The van der Waals surface area contributed by atoms with Gasteiger partial charge in [0.15, 0.2) is 0 Å². The van der Waals surface area contributed by atoms with Gasteiger partial charge in [-0.15, -0.1) is 0 Å². The molecular weight excluding hydrogens is 242 g/mol. The molecule has 0 radical (unpaired) electrons. The minimum atomic E-state index is 0.420. The van der Waals surface area contributed by atoms with Crippen LogP contribution in [0.1, 0.15) is 43.0 Å². The molecule has 1 nitrogen and oxygen atoms in total. The first-order valence-electron chi connectivity index (χ1n) is 7.52. The second-order valence-electron chi connectivity index (χ2n) is 5.67. The average Bonchev–Trinajstić information content (AvgIpc) is 2.44. The Kier molecular flexibility index (Phi) is 4.97. The molecule has 0 saturated carbocycles. The van der Waals surface area contributed by atoms with Gasteiger partial charge in [0.2, 0.25) is 0 Å². The molecule has 0 aromatic heterocycles. The molecule has 1 unspecified atom stereocenters. The Morgan fingerprint density at radius 3 is 2.05 bits per heavy atom. The SMILES string of the molecule is CCCNC(C)c1ccc(-c2cc(C)cc(C)c2)cc1. The van der Waals surface area contributed by atoms with E-state index in [1.54, 1.807) is 0 Å². The van der Waals surface area contributed by atoms with Crippen LogP contribution in [0.4, 0.5) is 0 Å². The van der Waals surface area contributed by atoms with Crippen molar-refractivity contribution in [2.45, 2.75) is 40.2 Å². The highest BCUT2D eigenvalue weighted by molar-refractivity contribution is 5.65. The fourth-order valence-corrected chi connectivity index (χ4v) is 2.58. The fourth-order valence-electron chi connectivity index (χ4n) is 2.58. The minimum absolute atomic E-state index is 0.420. The molecule has 0 heterocycles. The van der Waals surface area contributed by atoms with Gasteiger partial charge in [-0.05, 0) is 50.4 Å². The summed E-state index contributed by atoms with van der Waals surface area (Å²) in [6.45, 7) is 9.80. The Balaban J connectivity index is 2.19. The van der Waals surface area contributed by atoms with Gasteiger partial charge in [0.05, 0.1) is 0 Å². The predicted octanol–water partition coefficient (Wildman–Crippen LogP) is 5.03. The van der Waals surface area contributed by atoms with Gasteiger partial charge in [-0.3, -0.25) is 0 Å². The number of nitrogens with one attached hydrogen (secondary N) is 1. The predicted molar refractivity (Wildman–Crippen MR) is 88.1 cm³/mol. The quantitative estimate of drug-likeness (QED) is 0.801. The van der Waals surface area contributed by atoms with Gasteiger partial charge in [-0.1, -0.05) is 60.5 Å². The molecule has 106 valence electrons. The summed E-state index contributed by atoms with van der Waals surface area (Å²) in [4.78, 5) is 0. The van der Waals surface area contributed by atoms with Crippen molar-refractivity contribution in [3.63, 3.8) is 0 Å². The first kappa shape index (κ1) is 14.8. The smallest absolute Gasteiger partial charge is 0.0291 e. The second kappa shape index (κ2) is 6.71. The lowest BCUT2D eigenvalue weighted by Gasteiger charge is -2.14. The Labute approximate surface area is 123 Å². The molecule has 1 N–H and O–H groups in total. The third kappa shape index (κ3) is 3.71. The molecule has 0 aliphatic carbocycles. The molecular formula is C19H25N. The van der Waals surface area contributed by atoms with E-state index in [2.05, 4.69) is 75.5 Å². The Bertz CT molecular complexity index is 534. The molecule has 0 bridgehead atoms. The van der Waals surface area contributed by atoms with Gasteiger partial charge in [-0.2, -0.15) is 0 Å². The molecule has 0 spiro atoms. The van der Waals surface area contributed by atoms with Crippen LogP contribution in [-0.2, 0) is 0 Å². The lowest BCUT2D eigenvalue weighted by molar-refractivity contribution is 0.571. The Hall–Kier alpha value is -1.60. The molecule has 1 atom stereocenters. The number of hydrogen-bond acceptors (Lipinski definition) is 1. The van der Waals surface area contributed by atoms with Crippen LogP contribution in [0.2, 0.25) is 0 Å². The fraction of sp³-hybridized carbons (Fsp3) is 0.368. The summed E-state index contributed by atoms with van der Waals surface area (Å²) in [5.74, 6) is 0. The van der Waals surface area contributed by atoms with Crippen LogP contribution in [-0.4, -0.2) is 6.54 Å². The molecule has 2 aromatic carbocycles. The molecule has 0 amide bonds. The van der Waals surface area contributed by atoms with Crippen LogP contribution >= 0.6 is 0 Å². The van der Waals surface area contributed by atoms with E-state index >= 15 is 0 Å². The van der Waals surface area contributed by atoms with E-state index in [1.165, 1.54) is 34.2 Å². The van der Waals surface area contributed by atoms with Crippen molar-refractivity contribution in [3.8, 4) is 11.1 Å². The van der Waals surface area contributed by atoms with Crippen molar-refractivity contribution >= 4 is 0 Å². The topological polar surface area (TPSA) is 12.0 Å². The zero-order valence-electron chi connectivity index (χ0n) is 13.0. The van der Waals surface area contributed by atoms with Crippen molar-refractivity contribution in [3.05, 3.63) is 59.2 Å². The second-order valence-corrected chi connectivity index (χ2v) is 5.67. The molecule has 20 heavy (non-hydrogen) atoms. The first-order valence-corrected chi connectivity index (χ1v) is 7.52. The minimum Gasteiger partial charge on any atom is -0.310 e. The van der Waals surface area contributed by atoms with Gasteiger partial charge < -0.3 is 5.32 Å². The van der Waals surface area contributed by atoms with Crippen LogP contribution in [0.25, 0.3) is 11.1 Å². The maximum absolute atomic E-state index is 3.53. The highest BCUT2D eigenvalue weighted by Gasteiger charge is 2.05. The highest BCUT2D eigenvalue weighted by atomic mass is 14.9. The summed E-state index contributed by atoms with van der Waals surface area (Å²) in [5, 5.41) is 3.53. The molecule has 0 aliphatic rings. The van der Waals surface area contributed by atoms with E-state index in [1.807, 2.05) is 0 Å². The number of aryl methyl sites for hydroxylation is 2. The largest absolute Gasteiger partial charge is 0.310 e. The Morgan fingerprint density at radius 1 is 0.900 bits per heavy atom. The van der Waals surface area contributed by atoms with Crippen LogP contribution in [0, 0.1) is 13.8 Å². The highest BCUT2D eigenvalue weighted by Crippen LogP contribution is 2.24. The summed E-state index contributed by atoms with van der Waals surface area (Å²) in [6.07, 6.45) is 1.17. The number of benzene rings is 2. The van der Waals surface area contributed by atoms with E-state index in [4.69, 9.17) is 0 Å². The van der Waals surface area contributed by atoms with Crippen molar-refractivity contribution in [1.29, 1.82) is 0 Å². The lowest BCUT2D eigenvalue weighted by Crippen LogP contribution is -2.19. The number of rotatable bonds is 5. The summed E-state index contributed by atoms with van der Waals surface area (Å²) in [6, 6.07) is 16.1. The molecule has 0 saturated heterocycles. The summed E-state index contributed by atoms with van der Waals surface area (Å²) >= 11 is 0. The molecule has 2 rings (SSSR count). The maximum atomic E-state index is 3.53. The van der Waals surface area contributed by atoms with Gasteiger partial charge in [0.25, 0.3) is 0 Å². The van der Waals surface area contributed by atoms with Crippen molar-refractivity contribution < 1.29 is 0 Å². The maximum Gasteiger partial charge on any atom is 0.0291 e. The van der Waals surface area contributed by atoms with Crippen molar-refractivity contribution in [2.24, 2.45) is 0 Å². The summed E-state index contributed by atoms with van der Waals surface area (Å²) < 4.78 is 0. The monoisotopic (exact) mass is 267 g/mol. The van der Waals surface area contributed by atoms with Crippen LogP contribution in [0.5, 0.6) is 0 Å². The summed E-state index contributed by atoms with van der Waals surface area (Å²) in [7, 11) is 0. The molecule has 0 aliphatic heterocycles. The molecule has 2 aromatic rings.